The molecule has 8 amide bonds. The van der Waals surface area contributed by atoms with E-state index in [0.717, 1.165) is 21.6 Å². The maximum atomic E-state index is 13.7. The van der Waals surface area contributed by atoms with E-state index < -0.39 is 120 Å². The van der Waals surface area contributed by atoms with E-state index in [-0.39, 0.29) is 62.7 Å². The minimum absolute atomic E-state index is 0.0226. The fraction of sp³-hybridized carbons (Fsp3) is 0.750. The Kier molecular flexibility index (Phi) is 28.8. The summed E-state index contributed by atoms with van der Waals surface area (Å²) in [4.78, 5) is 132. The van der Waals surface area contributed by atoms with Gasteiger partial charge in [-0.15, -0.1) is 0 Å². The lowest BCUT2D eigenvalue weighted by atomic mass is 10.0. The highest BCUT2D eigenvalue weighted by Crippen LogP contribution is 2.23. The quantitative estimate of drug-likeness (QED) is 0.0499. The minimum atomic E-state index is -1.76. The first-order chi connectivity index (χ1) is 31.1. The molecule has 26 heteroatoms. The SMILES string of the molecule is CC(C)C[C@@H]1NC(=O)[C@@H](N)CSSCC(C(=O)O)NC(=O)[C@H](CCCCN)NC(=O)[C@H](C)NC(=O)C(CCCCN)NC(=O)C(CC(=O)O)NC(=O)[C@H](C)NC(=O)C(CCCCN)NC1=O. The van der Waals surface area contributed by atoms with Crippen LogP contribution in [0.4, 0.5) is 0 Å². The van der Waals surface area contributed by atoms with Crippen LogP contribution in [0.25, 0.3) is 0 Å². The van der Waals surface area contributed by atoms with Gasteiger partial charge in [0.15, 0.2) is 0 Å². The van der Waals surface area contributed by atoms with Crippen LogP contribution >= 0.6 is 21.6 Å². The smallest absolute Gasteiger partial charge is 0.327 e. The third-order valence-corrected chi connectivity index (χ3v) is 12.6. The maximum Gasteiger partial charge on any atom is 0.327 e. The molecule has 1 aliphatic rings. The monoisotopic (exact) mass is 976 g/mol. The number of rotatable bonds is 17. The topological polar surface area (TPSA) is 411 Å². The van der Waals surface area contributed by atoms with E-state index in [0.29, 0.717) is 38.5 Å². The summed E-state index contributed by atoms with van der Waals surface area (Å²) in [6.07, 6.45) is 1.71. The highest BCUT2D eigenvalue weighted by atomic mass is 33.1. The van der Waals surface area contributed by atoms with Crippen molar-refractivity contribution >= 4 is 80.8 Å². The predicted molar refractivity (Wildman–Crippen MR) is 248 cm³/mol. The highest BCUT2D eigenvalue weighted by Gasteiger charge is 2.34. The molecule has 1 heterocycles. The van der Waals surface area contributed by atoms with Crippen molar-refractivity contribution in [3.63, 3.8) is 0 Å². The standard InChI is InChI=1S/C40H72N12O12S2/c1-21(2)17-28-38(61)48-25(11-5-8-14-41)35(58)46-23(4)33(56)50-29(18-31(53)54)39(62)49-26(12-6-9-15-42)36(59)45-22(3)32(55)47-27(13-7-10-16-43)37(60)52-30(40(63)64)20-66-65-19-24(44)34(57)51-28/h21-30H,5-20,41-44H2,1-4H3,(H,45,59)(H,46,58)(H,47,55)(H,48,61)(H,49,62)(H,50,56)(H,51,57)(H,52,60)(H,53,54)(H,63,64)/t22-,23-,24-,25?,26?,27-,28-,29?,30?/m0/s1. The molecule has 376 valence electrons. The van der Waals surface area contributed by atoms with Crippen LogP contribution in [0.2, 0.25) is 0 Å². The van der Waals surface area contributed by atoms with Gasteiger partial charge in [0.2, 0.25) is 47.3 Å². The average molecular weight is 977 g/mol. The van der Waals surface area contributed by atoms with Gasteiger partial charge in [-0.05, 0) is 104 Å². The fourth-order valence-electron chi connectivity index (χ4n) is 6.31. The molecule has 0 aliphatic carbocycles. The molecule has 0 aromatic rings. The molecule has 66 heavy (non-hydrogen) atoms. The van der Waals surface area contributed by atoms with Gasteiger partial charge in [0.05, 0.1) is 12.5 Å². The van der Waals surface area contributed by atoms with Gasteiger partial charge < -0.3 is 75.7 Å². The van der Waals surface area contributed by atoms with E-state index in [2.05, 4.69) is 42.5 Å². The molecule has 0 aromatic heterocycles. The number of amides is 8. The summed E-state index contributed by atoms with van der Waals surface area (Å²) in [6, 6.07) is -12.1. The number of hydrogen-bond acceptors (Lipinski definition) is 16. The number of carbonyl (C=O) groups is 10. The Morgan fingerprint density at radius 3 is 1.30 bits per heavy atom. The normalized spacial score (nSPS) is 26.7. The molecule has 1 saturated heterocycles. The Morgan fingerprint density at radius 2 is 0.894 bits per heavy atom. The third kappa shape index (κ3) is 23.1. The van der Waals surface area contributed by atoms with Gasteiger partial charge in [0.25, 0.3) is 0 Å². The van der Waals surface area contributed by atoms with Gasteiger partial charge in [-0.25, -0.2) is 4.79 Å². The second-order valence-corrected chi connectivity index (χ2v) is 19.0. The summed E-state index contributed by atoms with van der Waals surface area (Å²) in [5, 5.41) is 39.6. The van der Waals surface area contributed by atoms with Gasteiger partial charge in [-0.1, -0.05) is 35.4 Å². The van der Waals surface area contributed by atoms with Crippen LogP contribution in [0.3, 0.4) is 0 Å². The molecule has 1 aliphatic heterocycles. The molecular formula is C40H72N12O12S2. The molecule has 0 radical (unpaired) electrons. The molecule has 0 saturated carbocycles. The van der Waals surface area contributed by atoms with E-state index in [9.17, 15) is 58.2 Å². The predicted octanol–water partition coefficient (Wildman–Crippen LogP) is -3.38. The van der Waals surface area contributed by atoms with Gasteiger partial charge in [0.1, 0.15) is 48.3 Å². The van der Waals surface area contributed by atoms with Crippen LogP contribution in [-0.4, -0.2) is 155 Å². The molecular weight excluding hydrogens is 905 g/mol. The number of nitrogens with one attached hydrogen (secondary N) is 8. The number of carbonyl (C=O) groups excluding carboxylic acids is 8. The van der Waals surface area contributed by atoms with Gasteiger partial charge >= 0.3 is 11.9 Å². The van der Waals surface area contributed by atoms with Crippen molar-refractivity contribution in [1.29, 1.82) is 0 Å². The van der Waals surface area contributed by atoms with Gasteiger partial charge in [0, 0.05) is 11.5 Å². The number of carboxylic acid groups (broad SMARTS) is 2. The average Bonchev–Trinajstić information content (AvgIpc) is 3.24. The molecule has 24 nitrogen and oxygen atoms in total. The maximum absolute atomic E-state index is 13.7. The van der Waals surface area contributed by atoms with Crippen molar-refractivity contribution < 1.29 is 58.2 Å². The Bertz CT molecular complexity index is 1650. The summed E-state index contributed by atoms with van der Waals surface area (Å²) in [6.45, 7) is 6.97. The van der Waals surface area contributed by atoms with Crippen molar-refractivity contribution in [3.05, 3.63) is 0 Å². The molecule has 18 N–H and O–H groups in total. The first-order valence-corrected chi connectivity index (χ1v) is 24.6. The van der Waals surface area contributed by atoms with Crippen molar-refractivity contribution in [2.75, 3.05) is 31.1 Å². The van der Waals surface area contributed by atoms with E-state index in [1.54, 1.807) is 13.8 Å². The molecule has 1 rings (SSSR count). The molecule has 0 bridgehead atoms. The molecule has 0 aromatic carbocycles. The lowest BCUT2D eigenvalue weighted by Gasteiger charge is -2.27. The van der Waals surface area contributed by atoms with E-state index >= 15 is 0 Å². The summed E-state index contributed by atoms with van der Waals surface area (Å²) in [5.41, 5.74) is 23.1. The summed E-state index contributed by atoms with van der Waals surface area (Å²) in [7, 11) is 2.05. The van der Waals surface area contributed by atoms with Crippen LogP contribution in [0, 0.1) is 5.92 Å². The van der Waals surface area contributed by atoms with Crippen LogP contribution in [-0.2, 0) is 47.9 Å². The second kappa shape index (κ2) is 32.0. The Balaban J connectivity index is 3.68. The van der Waals surface area contributed by atoms with Crippen LogP contribution < -0.4 is 65.5 Å². The first kappa shape index (κ1) is 59.3. The fourth-order valence-corrected chi connectivity index (χ4v) is 8.59. The molecule has 9 atom stereocenters. The van der Waals surface area contributed by atoms with E-state index in [1.165, 1.54) is 13.8 Å². The van der Waals surface area contributed by atoms with Crippen LogP contribution in [0.1, 0.15) is 98.3 Å². The van der Waals surface area contributed by atoms with Crippen molar-refractivity contribution in [1.82, 2.24) is 42.5 Å². The number of unbranched alkanes of at least 4 members (excludes halogenated alkanes) is 3. The van der Waals surface area contributed by atoms with E-state index in [1.807, 2.05) is 0 Å². The Morgan fingerprint density at radius 1 is 0.530 bits per heavy atom. The minimum Gasteiger partial charge on any atom is -0.481 e. The summed E-state index contributed by atoms with van der Waals surface area (Å²) >= 11 is 0. The first-order valence-electron chi connectivity index (χ1n) is 22.1. The van der Waals surface area contributed by atoms with Crippen molar-refractivity contribution in [3.8, 4) is 0 Å². The zero-order valence-electron chi connectivity index (χ0n) is 38.2. The zero-order chi connectivity index (χ0) is 49.9. The number of nitrogens with two attached hydrogens (primary N) is 4. The third-order valence-electron chi connectivity index (χ3n) is 10.1. The molecule has 0 spiro atoms. The number of aliphatic carboxylic acids is 2. The Hall–Kier alpha value is -4.76. The number of hydrogen-bond donors (Lipinski definition) is 14. The van der Waals surface area contributed by atoms with E-state index in [4.69, 9.17) is 22.9 Å². The summed E-state index contributed by atoms with van der Waals surface area (Å²) in [5.74, 6) is -10.1. The Labute approximate surface area is 393 Å². The summed E-state index contributed by atoms with van der Waals surface area (Å²) < 4.78 is 0. The molecule has 4 unspecified atom stereocenters. The van der Waals surface area contributed by atoms with Gasteiger partial charge in [-0.3, -0.25) is 43.2 Å². The lowest BCUT2D eigenvalue weighted by molar-refractivity contribution is -0.142. The van der Waals surface area contributed by atoms with Gasteiger partial charge in [-0.2, -0.15) is 0 Å². The van der Waals surface area contributed by atoms with Crippen molar-refractivity contribution in [2.24, 2.45) is 28.9 Å². The highest BCUT2D eigenvalue weighted by molar-refractivity contribution is 8.76. The van der Waals surface area contributed by atoms with Crippen LogP contribution in [0.15, 0.2) is 0 Å². The number of carboxylic acids is 2. The second-order valence-electron chi connectivity index (χ2n) is 16.4. The van der Waals surface area contributed by atoms with Crippen molar-refractivity contribution in [2.45, 2.75) is 153 Å². The van der Waals surface area contributed by atoms with Crippen LogP contribution in [0.5, 0.6) is 0 Å². The lowest BCUT2D eigenvalue weighted by Crippen LogP contribution is -2.60. The molecule has 1 fully saturated rings. The largest absolute Gasteiger partial charge is 0.481 e. The zero-order valence-corrected chi connectivity index (χ0v) is 39.8.